The van der Waals surface area contributed by atoms with Gasteiger partial charge >= 0.3 is 5.97 Å². The number of ether oxygens (including phenoxy) is 1. The molecule has 1 saturated heterocycles. The van der Waals surface area contributed by atoms with Crippen molar-refractivity contribution in [2.45, 2.75) is 23.3 Å². The average molecular weight is 612 g/mol. The topological polar surface area (TPSA) is 137 Å². The van der Waals surface area contributed by atoms with E-state index in [4.69, 9.17) is 16.3 Å². The molecule has 1 aromatic heterocycles. The lowest BCUT2D eigenvalue weighted by Crippen LogP contribution is -2.70. The standard InChI is InChI=1S/C28H26ClN5O5S2/c29-11-21(35)20(33-38)14-30-23-26(36)34-24(22(16-41-27(23)34)40-15-17-12-31-32-13-17)28(37)39-25(18-7-3-1-4-8-18)19-9-5-2-6-10-19/h1-10,12-13,23,25,27,30,38H,11,14-16H2,(H,31,32)/b33-20-/t23-,27-/m1/s1. The number of thioether (sulfide) groups is 2. The third-order valence-electron chi connectivity index (χ3n) is 6.58. The van der Waals surface area contributed by atoms with Crippen LogP contribution in [0, 0.1) is 0 Å². The number of hydrogen-bond donors (Lipinski definition) is 3. The molecule has 3 aromatic rings. The summed E-state index contributed by atoms with van der Waals surface area (Å²) in [7, 11) is 0. The summed E-state index contributed by atoms with van der Waals surface area (Å²) >= 11 is 8.53. The molecular weight excluding hydrogens is 586 g/mol. The Balaban J connectivity index is 1.42. The van der Waals surface area contributed by atoms with Gasteiger partial charge < -0.3 is 9.94 Å². The third kappa shape index (κ3) is 6.35. The zero-order valence-corrected chi connectivity index (χ0v) is 24.0. The summed E-state index contributed by atoms with van der Waals surface area (Å²) in [5, 5.41) is 21.5. The normalized spacial score (nSPS) is 18.7. The minimum atomic E-state index is -0.692. The van der Waals surface area contributed by atoms with Gasteiger partial charge in [0.15, 0.2) is 11.9 Å². The number of nitrogens with zero attached hydrogens (tertiary/aromatic N) is 3. The van der Waals surface area contributed by atoms with Crippen LogP contribution in [0.3, 0.4) is 0 Å². The van der Waals surface area contributed by atoms with Crippen molar-refractivity contribution < 1.29 is 24.3 Å². The van der Waals surface area contributed by atoms with E-state index in [2.05, 4.69) is 20.7 Å². The molecule has 0 spiro atoms. The molecule has 0 saturated carbocycles. The first kappa shape index (κ1) is 28.9. The third-order valence-corrected chi connectivity index (χ3v) is 9.45. The van der Waals surface area contributed by atoms with Gasteiger partial charge in [0.2, 0.25) is 5.91 Å². The van der Waals surface area contributed by atoms with E-state index in [1.165, 1.54) is 28.4 Å². The minimum absolute atomic E-state index is 0.140. The van der Waals surface area contributed by atoms with Crippen LogP contribution >= 0.6 is 35.1 Å². The fourth-order valence-corrected chi connectivity index (χ4v) is 7.23. The van der Waals surface area contributed by atoms with Gasteiger partial charge in [-0.15, -0.1) is 35.1 Å². The number of nitrogens with one attached hydrogen (secondary N) is 2. The first-order valence-electron chi connectivity index (χ1n) is 12.6. The average Bonchev–Trinajstić information content (AvgIpc) is 3.54. The molecule has 5 rings (SSSR count). The molecule has 2 aliphatic rings. The molecule has 2 aliphatic heterocycles. The Morgan fingerprint density at radius 1 is 1.20 bits per heavy atom. The number of carbonyl (C=O) groups excluding carboxylic acids is 3. The van der Waals surface area contributed by atoms with Crippen molar-refractivity contribution >= 4 is 58.5 Å². The number of oxime groups is 1. The highest BCUT2D eigenvalue weighted by atomic mass is 35.5. The smallest absolute Gasteiger partial charge is 0.356 e. The maximum Gasteiger partial charge on any atom is 0.356 e. The fourth-order valence-electron chi connectivity index (χ4n) is 4.49. The van der Waals surface area contributed by atoms with Crippen LogP contribution in [-0.2, 0) is 24.9 Å². The Kier molecular flexibility index (Phi) is 9.45. The van der Waals surface area contributed by atoms with Crippen molar-refractivity contribution in [1.82, 2.24) is 20.4 Å². The lowest BCUT2D eigenvalue weighted by molar-refractivity contribution is -0.153. The van der Waals surface area contributed by atoms with Crippen molar-refractivity contribution in [2.24, 2.45) is 5.16 Å². The van der Waals surface area contributed by atoms with Crippen LogP contribution in [0.5, 0.6) is 0 Å². The van der Waals surface area contributed by atoms with Gasteiger partial charge in [0.05, 0.1) is 12.1 Å². The number of halogens is 1. The fraction of sp³-hybridized carbons (Fsp3) is 0.250. The molecule has 1 fully saturated rings. The van der Waals surface area contributed by atoms with E-state index >= 15 is 0 Å². The van der Waals surface area contributed by atoms with Crippen molar-refractivity contribution in [3.05, 3.63) is 100 Å². The van der Waals surface area contributed by atoms with Gasteiger partial charge in [-0.1, -0.05) is 65.8 Å². The van der Waals surface area contributed by atoms with E-state index in [-0.39, 0.29) is 29.7 Å². The number of aromatic nitrogens is 2. The van der Waals surface area contributed by atoms with Crippen molar-refractivity contribution in [3.8, 4) is 0 Å². The molecule has 3 N–H and O–H groups in total. The van der Waals surface area contributed by atoms with E-state index in [1.807, 2.05) is 60.7 Å². The molecule has 3 heterocycles. The molecule has 2 aromatic carbocycles. The number of hydrogen-bond acceptors (Lipinski definition) is 10. The zero-order valence-electron chi connectivity index (χ0n) is 21.6. The summed E-state index contributed by atoms with van der Waals surface area (Å²) in [4.78, 5) is 41.4. The molecule has 0 aliphatic carbocycles. The molecule has 0 bridgehead atoms. The van der Waals surface area contributed by atoms with Gasteiger partial charge in [-0.3, -0.25) is 24.9 Å². The van der Waals surface area contributed by atoms with Crippen LogP contribution in [0.4, 0.5) is 0 Å². The van der Waals surface area contributed by atoms with Crippen LogP contribution in [-0.4, -0.2) is 73.3 Å². The predicted octanol–water partition coefficient (Wildman–Crippen LogP) is 3.70. The highest BCUT2D eigenvalue weighted by molar-refractivity contribution is 8.05. The number of amides is 1. The summed E-state index contributed by atoms with van der Waals surface area (Å²) in [5.74, 6) is -0.815. The van der Waals surface area contributed by atoms with Crippen molar-refractivity contribution in [1.29, 1.82) is 0 Å². The van der Waals surface area contributed by atoms with E-state index in [9.17, 15) is 19.6 Å². The maximum atomic E-state index is 14.0. The molecule has 0 unspecified atom stereocenters. The minimum Gasteiger partial charge on any atom is -0.448 e. The largest absolute Gasteiger partial charge is 0.448 e. The molecule has 2 atom stereocenters. The number of esters is 1. The van der Waals surface area contributed by atoms with Crippen LogP contribution in [0.25, 0.3) is 0 Å². The van der Waals surface area contributed by atoms with Crippen LogP contribution < -0.4 is 5.32 Å². The van der Waals surface area contributed by atoms with Crippen molar-refractivity contribution in [3.63, 3.8) is 0 Å². The summed E-state index contributed by atoms with van der Waals surface area (Å²) in [6.07, 6.45) is 2.81. The molecule has 0 radical (unpaired) electrons. The zero-order chi connectivity index (χ0) is 28.8. The SMILES string of the molecule is O=C(OC(c1ccccc1)c1ccccc1)C1=C(SCc2cn[nH]c2)CS[C@@H]2[C@H](NC/C(=N/O)C(=O)CCl)C(=O)N12. The monoisotopic (exact) mass is 611 g/mol. The number of Topliss-reactive ketones (excluding diaryl/α,β-unsaturated/α-hetero) is 1. The summed E-state index contributed by atoms with van der Waals surface area (Å²) < 4.78 is 6.16. The van der Waals surface area contributed by atoms with Gasteiger partial charge in [0.25, 0.3) is 0 Å². The van der Waals surface area contributed by atoms with E-state index < -0.39 is 29.3 Å². The second-order valence-electron chi connectivity index (χ2n) is 9.15. The van der Waals surface area contributed by atoms with Gasteiger partial charge in [0.1, 0.15) is 22.8 Å². The van der Waals surface area contributed by atoms with Gasteiger partial charge in [-0.25, -0.2) is 4.79 Å². The lowest BCUT2D eigenvalue weighted by Gasteiger charge is -2.50. The first-order valence-corrected chi connectivity index (χ1v) is 15.2. The Morgan fingerprint density at radius 2 is 1.88 bits per heavy atom. The van der Waals surface area contributed by atoms with E-state index in [0.717, 1.165) is 21.6 Å². The molecule has 10 nitrogen and oxygen atoms in total. The maximum absolute atomic E-state index is 14.0. The Hall–Kier alpha value is -3.58. The van der Waals surface area contributed by atoms with Gasteiger partial charge in [-0.05, 0) is 11.1 Å². The van der Waals surface area contributed by atoms with Gasteiger partial charge in [-0.2, -0.15) is 5.10 Å². The van der Waals surface area contributed by atoms with Crippen LogP contribution in [0.2, 0.25) is 0 Å². The number of ketones is 1. The summed E-state index contributed by atoms with van der Waals surface area (Å²) in [6, 6.07) is 18.2. The number of carbonyl (C=O) groups is 3. The number of fused-ring (bicyclic) bond motifs is 1. The van der Waals surface area contributed by atoms with E-state index in [1.54, 1.807) is 12.4 Å². The summed E-state index contributed by atoms with van der Waals surface area (Å²) in [5.41, 5.74) is 2.58. The summed E-state index contributed by atoms with van der Waals surface area (Å²) in [6.45, 7) is -0.140. The highest BCUT2D eigenvalue weighted by Crippen LogP contribution is 2.45. The van der Waals surface area contributed by atoms with Crippen molar-refractivity contribution in [2.75, 3.05) is 18.2 Å². The molecule has 1 amide bonds. The predicted molar refractivity (Wildman–Crippen MR) is 158 cm³/mol. The van der Waals surface area contributed by atoms with E-state index in [0.29, 0.717) is 11.5 Å². The lowest BCUT2D eigenvalue weighted by atomic mass is 10.0. The molecule has 13 heteroatoms. The first-order chi connectivity index (χ1) is 20.0. The molecular formula is C28H26ClN5O5S2. The number of aromatic amines is 1. The number of rotatable bonds is 12. The van der Waals surface area contributed by atoms with Gasteiger partial charge in [0, 0.05) is 34.7 Å². The molecule has 212 valence electrons. The van der Waals surface area contributed by atoms with Crippen LogP contribution in [0.15, 0.2) is 88.8 Å². The number of β-lactam (4-membered cyclic amide) rings is 1. The second kappa shape index (κ2) is 13.4. The Morgan fingerprint density at radius 3 is 2.46 bits per heavy atom. The second-order valence-corrected chi connectivity index (χ2v) is 11.6. The number of H-pyrrole nitrogens is 1. The number of alkyl halides is 1. The Bertz CT molecular complexity index is 1410. The quantitative estimate of drug-likeness (QED) is 0.0699. The molecule has 41 heavy (non-hydrogen) atoms. The highest BCUT2D eigenvalue weighted by Gasteiger charge is 2.54. The number of benzene rings is 2. The van der Waals surface area contributed by atoms with Crippen LogP contribution in [0.1, 0.15) is 22.8 Å². The Labute approximate surface area is 249 Å².